The van der Waals surface area contributed by atoms with Crippen LogP contribution in [0.15, 0.2) is 54.6 Å². The highest BCUT2D eigenvalue weighted by atomic mass is 16.5. The van der Waals surface area contributed by atoms with Gasteiger partial charge in [-0.25, -0.2) is 0 Å². The van der Waals surface area contributed by atoms with Crippen molar-refractivity contribution in [3.63, 3.8) is 0 Å². The molecule has 0 bridgehead atoms. The van der Waals surface area contributed by atoms with Crippen molar-refractivity contribution in [3.8, 4) is 17.6 Å². The van der Waals surface area contributed by atoms with E-state index in [1.807, 2.05) is 61.5 Å². The molecule has 0 amide bonds. The second-order valence-electron chi connectivity index (χ2n) is 4.07. The molecule has 0 heterocycles. The summed E-state index contributed by atoms with van der Waals surface area (Å²) in [6.45, 7) is 2.02. The van der Waals surface area contributed by atoms with Crippen molar-refractivity contribution in [1.82, 2.24) is 0 Å². The summed E-state index contributed by atoms with van der Waals surface area (Å²) in [5.74, 6) is 1.58. The van der Waals surface area contributed by atoms with Gasteiger partial charge in [0.05, 0.1) is 12.0 Å². The number of hydrogen-bond donors (Lipinski definition) is 0. The summed E-state index contributed by atoms with van der Waals surface area (Å²) in [5, 5.41) is 9.00. The average molecular weight is 237 g/mol. The quantitative estimate of drug-likeness (QED) is 0.784. The first-order valence-electron chi connectivity index (χ1n) is 6.06. The van der Waals surface area contributed by atoms with E-state index in [4.69, 9.17) is 10.00 Å². The molecule has 0 aliphatic rings. The van der Waals surface area contributed by atoms with Gasteiger partial charge in [0.25, 0.3) is 0 Å². The molecule has 2 aromatic carbocycles. The Hall–Kier alpha value is -2.27. The largest absolute Gasteiger partial charge is 0.457 e. The maximum atomic E-state index is 9.00. The standard InChI is InChI=1S/C16H15NO/c1-2-13(12-17)14-8-10-16(11-9-14)18-15-6-4-3-5-7-15/h3-11,13H,2H2,1H3. The molecule has 0 saturated carbocycles. The lowest BCUT2D eigenvalue weighted by Gasteiger charge is -2.08. The molecular formula is C16H15NO. The number of para-hydroxylation sites is 1. The van der Waals surface area contributed by atoms with E-state index in [0.29, 0.717) is 0 Å². The third-order valence-electron chi connectivity index (χ3n) is 2.83. The Labute approximate surface area is 107 Å². The Balaban J connectivity index is 2.11. The molecule has 1 unspecified atom stereocenters. The summed E-state index contributed by atoms with van der Waals surface area (Å²) < 4.78 is 5.70. The first kappa shape index (κ1) is 12.2. The molecule has 2 aromatic rings. The normalized spacial score (nSPS) is 11.6. The van der Waals surface area contributed by atoms with Crippen LogP contribution in [0.2, 0.25) is 0 Å². The Bertz CT molecular complexity index is 525. The van der Waals surface area contributed by atoms with E-state index in [-0.39, 0.29) is 5.92 Å². The van der Waals surface area contributed by atoms with E-state index in [1.54, 1.807) is 0 Å². The topological polar surface area (TPSA) is 33.0 Å². The van der Waals surface area contributed by atoms with Gasteiger partial charge in [-0.15, -0.1) is 0 Å². The highest BCUT2D eigenvalue weighted by Crippen LogP contribution is 2.24. The van der Waals surface area contributed by atoms with Gasteiger partial charge >= 0.3 is 0 Å². The van der Waals surface area contributed by atoms with Crippen LogP contribution >= 0.6 is 0 Å². The van der Waals surface area contributed by atoms with Gasteiger partial charge < -0.3 is 4.74 Å². The van der Waals surface area contributed by atoms with Crippen molar-refractivity contribution in [2.45, 2.75) is 19.3 Å². The summed E-state index contributed by atoms with van der Waals surface area (Å²) in [7, 11) is 0. The van der Waals surface area contributed by atoms with Crippen LogP contribution in [-0.4, -0.2) is 0 Å². The zero-order valence-corrected chi connectivity index (χ0v) is 10.3. The first-order chi connectivity index (χ1) is 8.83. The van der Waals surface area contributed by atoms with Gasteiger partial charge in [-0.05, 0) is 36.2 Å². The third kappa shape index (κ3) is 2.89. The minimum atomic E-state index is -0.0317. The van der Waals surface area contributed by atoms with Gasteiger partial charge in [-0.3, -0.25) is 0 Å². The molecule has 90 valence electrons. The van der Waals surface area contributed by atoms with Crippen LogP contribution < -0.4 is 4.74 Å². The highest BCUT2D eigenvalue weighted by molar-refractivity contribution is 5.35. The molecule has 0 spiro atoms. The van der Waals surface area contributed by atoms with Crippen LogP contribution in [0.4, 0.5) is 0 Å². The van der Waals surface area contributed by atoms with Gasteiger partial charge in [0, 0.05) is 0 Å². The summed E-state index contributed by atoms with van der Waals surface area (Å²) in [6.07, 6.45) is 0.829. The molecular weight excluding hydrogens is 222 g/mol. The average Bonchev–Trinajstić information content (AvgIpc) is 2.43. The molecule has 0 N–H and O–H groups in total. The molecule has 0 aliphatic heterocycles. The molecule has 0 saturated heterocycles. The molecule has 2 nitrogen and oxygen atoms in total. The second-order valence-corrected chi connectivity index (χ2v) is 4.07. The van der Waals surface area contributed by atoms with Gasteiger partial charge in [-0.1, -0.05) is 37.3 Å². The molecule has 0 radical (unpaired) electrons. The molecule has 0 aromatic heterocycles. The number of ether oxygens (including phenoxy) is 1. The van der Waals surface area contributed by atoms with Crippen molar-refractivity contribution in [3.05, 3.63) is 60.2 Å². The number of benzene rings is 2. The predicted molar refractivity (Wildman–Crippen MR) is 71.6 cm³/mol. The van der Waals surface area contributed by atoms with Gasteiger partial charge in [-0.2, -0.15) is 5.26 Å². The van der Waals surface area contributed by atoms with Crippen molar-refractivity contribution < 1.29 is 4.74 Å². The van der Waals surface area contributed by atoms with E-state index in [2.05, 4.69) is 6.07 Å². The monoisotopic (exact) mass is 237 g/mol. The number of nitrogens with zero attached hydrogens (tertiary/aromatic N) is 1. The van der Waals surface area contributed by atoms with Crippen molar-refractivity contribution in [2.75, 3.05) is 0 Å². The Morgan fingerprint density at radius 3 is 2.17 bits per heavy atom. The highest BCUT2D eigenvalue weighted by Gasteiger charge is 2.07. The number of rotatable bonds is 4. The van der Waals surface area contributed by atoms with Gasteiger partial charge in [0.1, 0.15) is 11.5 Å². The van der Waals surface area contributed by atoms with Crippen LogP contribution in [0.1, 0.15) is 24.8 Å². The molecule has 18 heavy (non-hydrogen) atoms. The van der Waals surface area contributed by atoms with Crippen LogP contribution in [0.25, 0.3) is 0 Å². The summed E-state index contributed by atoms with van der Waals surface area (Å²) in [6, 6.07) is 19.7. The van der Waals surface area contributed by atoms with Crippen molar-refractivity contribution in [2.24, 2.45) is 0 Å². The molecule has 1 atom stereocenters. The van der Waals surface area contributed by atoms with E-state index < -0.39 is 0 Å². The molecule has 0 fully saturated rings. The fourth-order valence-corrected chi connectivity index (χ4v) is 1.79. The lowest BCUT2D eigenvalue weighted by atomic mass is 9.98. The minimum Gasteiger partial charge on any atom is -0.457 e. The van der Waals surface area contributed by atoms with Crippen molar-refractivity contribution >= 4 is 0 Å². The van der Waals surface area contributed by atoms with Crippen molar-refractivity contribution in [1.29, 1.82) is 5.26 Å². The van der Waals surface area contributed by atoms with Gasteiger partial charge in [0.15, 0.2) is 0 Å². The van der Waals surface area contributed by atoms with E-state index in [1.165, 1.54) is 0 Å². The molecule has 0 aliphatic carbocycles. The number of nitriles is 1. The Kier molecular flexibility index (Phi) is 3.98. The van der Waals surface area contributed by atoms with E-state index in [0.717, 1.165) is 23.5 Å². The summed E-state index contributed by atoms with van der Waals surface area (Å²) >= 11 is 0. The predicted octanol–water partition coefficient (Wildman–Crippen LogP) is 4.50. The third-order valence-corrected chi connectivity index (χ3v) is 2.83. The van der Waals surface area contributed by atoms with Gasteiger partial charge in [0.2, 0.25) is 0 Å². The smallest absolute Gasteiger partial charge is 0.127 e. The second kappa shape index (κ2) is 5.88. The summed E-state index contributed by atoms with van der Waals surface area (Å²) in [5.41, 5.74) is 1.04. The maximum absolute atomic E-state index is 9.00. The first-order valence-corrected chi connectivity index (χ1v) is 6.06. The van der Waals surface area contributed by atoms with E-state index >= 15 is 0 Å². The van der Waals surface area contributed by atoms with Crippen LogP contribution in [0.3, 0.4) is 0 Å². The summed E-state index contributed by atoms with van der Waals surface area (Å²) in [4.78, 5) is 0. The van der Waals surface area contributed by atoms with Crippen LogP contribution in [-0.2, 0) is 0 Å². The van der Waals surface area contributed by atoms with Crippen LogP contribution in [0.5, 0.6) is 11.5 Å². The van der Waals surface area contributed by atoms with Crippen LogP contribution in [0, 0.1) is 11.3 Å². The number of hydrogen-bond acceptors (Lipinski definition) is 2. The molecule has 2 rings (SSSR count). The molecule has 2 heteroatoms. The Morgan fingerprint density at radius 1 is 1.00 bits per heavy atom. The van der Waals surface area contributed by atoms with E-state index in [9.17, 15) is 0 Å². The SMILES string of the molecule is CCC(C#N)c1ccc(Oc2ccccc2)cc1. The fourth-order valence-electron chi connectivity index (χ4n) is 1.79. The zero-order valence-electron chi connectivity index (χ0n) is 10.3. The lowest BCUT2D eigenvalue weighted by molar-refractivity contribution is 0.482. The maximum Gasteiger partial charge on any atom is 0.127 e. The Morgan fingerprint density at radius 2 is 1.61 bits per heavy atom. The zero-order chi connectivity index (χ0) is 12.8. The fraction of sp³-hybridized carbons (Fsp3) is 0.188. The minimum absolute atomic E-state index is 0.0317. The lowest BCUT2D eigenvalue weighted by Crippen LogP contribution is -1.93.